The molecule has 3 aromatic rings. The van der Waals surface area contributed by atoms with Gasteiger partial charge in [0.15, 0.2) is 5.78 Å². The number of halogens is 2. The molecule has 1 aromatic heterocycles. The first-order valence-corrected chi connectivity index (χ1v) is 22.1. The molecule has 2 aliphatic carbocycles. The highest BCUT2D eigenvalue weighted by molar-refractivity contribution is 7.59. The Hall–Kier alpha value is -4.09. The summed E-state index contributed by atoms with van der Waals surface area (Å²) in [5.74, 6) is -2.17. The van der Waals surface area contributed by atoms with Gasteiger partial charge in [-0.2, -0.15) is 0 Å². The van der Waals surface area contributed by atoms with Crippen LogP contribution in [0.15, 0.2) is 48.5 Å². The Morgan fingerprint density at radius 1 is 0.964 bits per heavy atom. The van der Waals surface area contributed by atoms with E-state index in [-0.39, 0.29) is 37.8 Å². The Kier molecular flexibility index (Phi) is 12.3. The predicted molar refractivity (Wildman–Crippen MR) is 206 cm³/mol. The van der Waals surface area contributed by atoms with Gasteiger partial charge in [0.05, 0.1) is 36.0 Å². The Balaban J connectivity index is 1.20. The molecule has 2 amide bonds. The quantitative estimate of drug-likeness (QED) is 0.205. The van der Waals surface area contributed by atoms with E-state index in [1.807, 2.05) is 31.2 Å². The fourth-order valence-corrected chi connectivity index (χ4v) is 11.7. The molecule has 6 atom stereocenters. The van der Waals surface area contributed by atoms with Crippen LogP contribution in [0, 0.1) is 17.6 Å². The minimum absolute atomic E-state index is 0.0133. The second kappa shape index (κ2) is 17.2. The Morgan fingerprint density at radius 2 is 1.66 bits per heavy atom. The third kappa shape index (κ3) is 8.74. The Morgan fingerprint density at radius 3 is 2.41 bits per heavy atom. The van der Waals surface area contributed by atoms with Gasteiger partial charge < -0.3 is 29.3 Å². The molecule has 14 heteroatoms. The monoisotopic (exact) mass is 795 g/mol. The number of ketones is 1. The number of carbonyl (C=O) groups excluding carboxylic acids is 3. The van der Waals surface area contributed by atoms with Crippen LogP contribution in [0.1, 0.15) is 102 Å². The molecular weight excluding hydrogens is 743 g/mol. The SMILES string of the molecule is CCOc1cc(OC2C[C@H]3C(=O)C[C@]4(P(=O)(O)Cc5c(F)cccc5F)C[C@H]4CCCCCCC[C@H](NC(=O)OC4CCCC4)C(=O)N3C2)c2ccccc2n1. The standard InChI is InChI=1S/C42H52F2N3O8P/c1-2-53-39-22-38(30-16-10-11-19-34(30)45-39)54-29-21-36-37(48)24-42(56(51,52)26-31-32(43)17-12-18-33(31)44)23-27(42)13-6-4-3-5-7-20-35(40(49)47(36)25-29)46-41(50)55-28-14-8-9-15-28/h10-12,16-19,22,27-29,35-36H,2-9,13-15,20-21,23-26H2,1H3,(H,46,50)(H,51,52)/t27-,29?,35+,36+,42-/m1/s1. The van der Waals surface area contributed by atoms with E-state index in [0.717, 1.165) is 63.5 Å². The van der Waals surface area contributed by atoms with Crippen molar-refractivity contribution in [1.29, 1.82) is 0 Å². The zero-order chi connectivity index (χ0) is 39.5. The lowest BCUT2D eigenvalue weighted by atomic mass is 10.0. The Bertz CT molecular complexity index is 1960. The first-order valence-electron chi connectivity index (χ1n) is 20.2. The summed E-state index contributed by atoms with van der Waals surface area (Å²) in [6, 6.07) is 10.4. The lowest BCUT2D eigenvalue weighted by Gasteiger charge is -2.30. The molecule has 4 fully saturated rings. The summed E-state index contributed by atoms with van der Waals surface area (Å²) < 4.78 is 62.1. The number of amides is 2. The van der Waals surface area contributed by atoms with E-state index in [4.69, 9.17) is 14.2 Å². The number of pyridine rings is 1. The number of benzene rings is 2. The van der Waals surface area contributed by atoms with Crippen LogP contribution in [0.3, 0.4) is 0 Å². The average molecular weight is 796 g/mol. The molecule has 4 aliphatic rings. The lowest BCUT2D eigenvalue weighted by Crippen LogP contribution is -2.52. The summed E-state index contributed by atoms with van der Waals surface area (Å²) in [5, 5.41) is 2.16. The molecule has 2 saturated carbocycles. The van der Waals surface area contributed by atoms with Gasteiger partial charge in [-0.25, -0.2) is 18.6 Å². The molecule has 56 heavy (non-hydrogen) atoms. The summed E-state index contributed by atoms with van der Waals surface area (Å²) in [6.45, 7) is 2.24. The third-order valence-electron chi connectivity index (χ3n) is 12.2. The first kappa shape index (κ1) is 40.1. The van der Waals surface area contributed by atoms with Crippen LogP contribution in [0.5, 0.6) is 11.6 Å². The van der Waals surface area contributed by atoms with Crippen molar-refractivity contribution < 1.29 is 46.8 Å². The number of fused-ring (bicyclic) bond motifs is 3. The van der Waals surface area contributed by atoms with E-state index in [2.05, 4.69) is 10.3 Å². The van der Waals surface area contributed by atoms with E-state index in [0.29, 0.717) is 48.4 Å². The minimum Gasteiger partial charge on any atom is -0.488 e. The van der Waals surface area contributed by atoms with Gasteiger partial charge in [-0.05, 0) is 82.1 Å². The largest absolute Gasteiger partial charge is 0.488 e. The van der Waals surface area contributed by atoms with Crippen molar-refractivity contribution in [3.05, 3.63) is 65.7 Å². The number of Topliss-reactive ketones (excluding diaryl/α,β-unsaturated/α-hetero) is 1. The van der Waals surface area contributed by atoms with Gasteiger partial charge in [-0.3, -0.25) is 14.2 Å². The second-order valence-electron chi connectivity index (χ2n) is 16.0. The fourth-order valence-electron chi connectivity index (χ4n) is 9.09. The van der Waals surface area contributed by atoms with E-state index in [9.17, 15) is 32.6 Å². The fraction of sp³-hybridized carbons (Fsp3) is 0.571. The molecule has 2 saturated heterocycles. The van der Waals surface area contributed by atoms with Crippen molar-refractivity contribution in [2.24, 2.45) is 5.92 Å². The van der Waals surface area contributed by atoms with Crippen LogP contribution in [0.2, 0.25) is 0 Å². The number of hydrogen-bond donors (Lipinski definition) is 2. The maximum atomic E-state index is 14.8. The summed E-state index contributed by atoms with van der Waals surface area (Å²) in [4.78, 5) is 60.3. The van der Waals surface area contributed by atoms with Gasteiger partial charge in [0.25, 0.3) is 0 Å². The molecule has 2 aliphatic heterocycles. The van der Waals surface area contributed by atoms with Crippen molar-refractivity contribution >= 4 is 36.1 Å². The van der Waals surface area contributed by atoms with E-state index < -0.39 is 71.9 Å². The van der Waals surface area contributed by atoms with Gasteiger partial charge in [-0.15, -0.1) is 0 Å². The number of alkyl carbamates (subject to hydrolysis) is 1. The van der Waals surface area contributed by atoms with Crippen LogP contribution in [0.4, 0.5) is 13.6 Å². The molecule has 11 nitrogen and oxygen atoms in total. The number of carbonyl (C=O) groups is 3. The maximum absolute atomic E-state index is 14.8. The smallest absolute Gasteiger partial charge is 0.408 e. The molecule has 0 radical (unpaired) electrons. The normalized spacial score (nSPS) is 27.4. The Labute approximate surface area is 326 Å². The minimum atomic E-state index is -4.39. The molecule has 2 N–H and O–H groups in total. The highest BCUT2D eigenvalue weighted by Gasteiger charge is 2.66. The predicted octanol–water partition coefficient (Wildman–Crippen LogP) is 8.23. The topological polar surface area (TPSA) is 144 Å². The second-order valence-corrected chi connectivity index (χ2v) is 18.6. The number of nitrogens with one attached hydrogen (secondary N) is 1. The van der Waals surface area contributed by atoms with Gasteiger partial charge >= 0.3 is 6.09 Å². The van der Waals surface area contributed by atoms with Crippen LogP contribution >= 0.6 is 7.37 Å². The average Bonchev–Trinajstić information content (AvgIpc) is 3.43. The summed E-state index contributed by atoms with van der Waals surface area (Å²) >= 11 is 0. The number of para-hydroxylation sites is 1. The molecule has 0 spiro atoms. The van der Waals surface area contributed by atoms with Crippen LogP contribution in [-0.4, -0.2) is 75.2 Å². The van der Waals surface area contributed by atoms with Crippen LogP contribution < -0.4 is 14.8 Å². The summed E-state index contributed by atoms with van der Waals surface area (Å²) in [7, 11) is -4.39. The molecule has 7 rings (SSSR count). The number of rotatable bonds is 9. The van der Waals surface area contributed by atoms with Crippen molar-refractivity contribution in [2.45, 2.75) is 132 Å². The molecule has 2 unspecified atom stereocenters. The molecule has 302 valence electrons. The van der Waals surface area contributed by atoms with E-state index in [1.54, 1.807) is 6.07 Å². The van der Waals surface area contributed by atoms with Gasteiger partial charge in [0, 0.05) is 29.9 Å². The zero-order valence-electron chi connectivity index (χ0n) is 31.9. The van der Waals surface area contributed by atoms with Crippen LogP contribution in [0.25, 0.3) is 10.9 Å². The van der Waals surface area contributed by atoms with Crippen molar-refractivity contribution in [2.75, 3.05) is 13.2 Å². The molecule has 2 aromatic carbocycles. The van der Waals surface area contributed by atoms with Gasteiger partial charge in [0.1, 0.15) is 35.6 Å². The van der Waals surface area contributed by atoms with Gasteiger partial charge in [0.2, 0.25) is 19.2 Å². The first-order chi connectivity index (χ1) is 27.0. The van der Waals surface area contributed by atoms with Crippen molar-refractivity contribution in [3.8, 4) is 11.6 Å². The van der Waals surface area contributed by atoms with Crippen molar-refractivity contribution in [1.82, 2.24) is 15.2 Å². The lowest BCUT2D eigenvalue weighted by molar-refractivity contribution is -0.139. The number of nitrogens with zero attached hydrogens (tertiary/aromatic N) is 2. The zero-order valence-corrected chi connectivity index (χ0v) is 32.8. The summed E-state index contributed by atoms with van der Waals surface area (Å²) in [5.41, 5.74) is 0.174. The molecular formula is C42H52F2N3O8P. The highest BCUT2D eigenvalue weighted by Crippen LogP contribution is 2.75. The molecule has 3 heterocycles. The highest BCUT2D eigenvalue weighted by atomic mass is 31.2. The third-order valence-corrected chi connectivity index (χ3v) is 15.0. The number of ether oxygens (including phenoxy) is 3. The number of aromatic nitrogens is 1. The van der Waals surface area contributed by atoms with Gasteiger partial charge in [-0.1, -0.05) is 50.3 Å². The van der Waals surface area contributed by atoms with E-state index >= 15 is 0 Å². The number of hydrogen-bond acceptors (Lipinski definition) is 8. The molecule has 0 bridgehead atoms. The van der Waals surface area contributed by atoms with Crippen LogP contribution in [-0.2, 0) is 25.1 Å². The van der Waals surface area contributed by atoms with E-state index in [1.165, 1.54) is 11.0 Å². The van der Waals surface area contributed by atoms with Crippen molar-refractivity contribution in [3.63, 3.8) is 0 Å². The summed E-state index contributed by atoms with van der Waals surface area (Å²) in [6.07, 6.45) is 6.07. The maximum Gasteiger partial charge on any atom is 0.408 e.